The topological polar surface area (TPSA) is 156 Å². The van der Waals surface area contributed by atoms with Gasteiger partial charge in [0.25, 0.3) is 5.91 Å². The van der Waals surface area contributed by atoms with E-state index in [0.717, 1.165) is 24.8 Å². The normalized spacial score (nSPS) is 21.6. The molecule has 0 aromatic heterocycles. The number of unbranched alkanes of at least 4 members (excludes halogenated alkanes) is 6. The van der Waals surface area contributed by atoms with Crippen LogP contribution in [0.4, 0.5) is 10.5 Å². The highest BCUT2D eigenvalue weighted by atomic mass is 32.2. The minimum absolute atomic E-state index is 0.00938. The highest BCUT2D eigenvalue weighted by molar-refractivity contribution is 7.89. The van der Waals surface area contributed by atoms with Crippen molar-refractivity contribution < 1.29 is 37.3 Å². The fraction of sp³-hybridized carbons (Fsp3) is 0.590. The molecule has 0 spiro atoms. The van der Waals surface area contributed by atoms with Gasteiger partial charge in [0.2, 0.25) is 10.0 Å². The van der Waals surface area contributed by atoms with Crippen LogP contribution in [0, 0.1) is 11.8 Å². The van der Waals surface area contributed by atoms with Gasteiger partial charge in [-0.15, -0.1) is 0 Å². The second-order valence-corrected chi connectivity index (χ2v) is 16.4. The van der Waals surface area contributed by atoms with Crippen molar-refractivity contribution in [2.24, 2.45) is 11.8 Å². The van der Waals surface area contributed by atoms with Gasteiger partial charge in [-0.05, 0) is 48.9 Å². The van der Waals surface area contributed by atoms with Crippen molar-refractivity contribution in [1.29, 1.82) is 0 Å². The van der Waals surface area contributed by atoms with E-state index >= 15 is 0 Å². The van der Waals surface area contributed by atoms with Gasteiger partial charge in [-0.1, -0.05) is 89.6 Å². The van der Waals surface area contributed by atoms with Gasteiger partial charge in [0, 0.05) is 37.1 Å². The molecule has 2 amide bonds. The third kappa shape index (κ3) is 10.6. The van der Waals surface area contributed by atoms with Gasteiger partial charge in [-0.3, -0.25) is 4.79 Å². The van der Waals surface area contributed by atoms with Crippen LogP contribution in [-0.2, 0) is 35.4 Å². The van der Waals surface area contributed by atoms with E-state index in [0.29, 0.717) is 30.0 Å². The Kier molecular flexibility index (Phi) is 14.5. The number of anilines is 1. The van der Waals surface area contributed by atoms with Crippen LogP contribution < -0.4 is 16.0 Å². The van der Waals surface area contributed by atoms with E-state index in [1.54, 1.807) is 12.3 Å². The third-order valence-corrected chi connectivity index (χ3v) is 11.7. The van der Waals surface area contributed by atoms with Gasteiger partial charge in [-0.2, -0.15) is 4.31 Å². The van der Waals surface area contributed by atoms with Crippen molar-refractivity contribution in [2.45, 2.75) is 108 Å². The Labute approximate surface area is 308 Å². The van der Waals surface area contributed by atoms with Crippen molar-refractivity contribution >= 4 is 33.3 Å². The number of ether oxygens (including phenoxy) is 3. The number of benzene rings is 2. The summed E-state index contributed by atoms with van der Waals surface area (Å²) in [4.78, 5) is 26.1. The van der Waals surface area contributed by atoms with Crippen LogP contribution in [0.15, 0.2) is 59.6 Å². The quantitative estimate of drug-likeness (QED) is 0.103. The minimum atomic E-state index is -4.15. The van der Waals surface area contributed by atoms with E-state index in [1.807, 2.05) is 44.2 Å². The van der Waals surface area contributed by atoms with Gasteiger partial charge in [0.15, 0.2) is 6.29 Å². The lowest BCUT2D eigenvalue weighted by Crippen LogP contribution is -2.51. The molecule has 0 aliphatic carbocycles. The first-order valence-corrected chi connectivity index (χ1v) is 20.3. The van der Waals surface area contributed by atoms with Crippen LogP contribution in [0.2, 0.25) is 0 Å². The minimum Gasteiger partial charge on any atom is -0.443 e. The molecule has 5 unspecified atom stereocenters. The molecule has 0 bridgehead atoms. The molecule has 2 fully saturated rings. The van der Waals surface area contributed by atoms with Crippen molar-refractivity contribution in [3.05, 3.63) is 65.9 Å². The van der Waals surface area contributed by atoms with Gasteiger partial charge < -0.3 is 35.3 Å². The zero-order valence-corrected chi connectivity index (χ0v) is 31.5. The van der Waals surface area contributed by atoms with Gasteiger partial charge >= 0.3 is 6.09 Å². The molecule has 5 rings (SSSR count). The molecule has 2 aromatic rings. The summed E-state index contributed by atoms with van der Waals surface area (Å²) in [6.07, 6.45) is 8.03. The number of alkyl carbamates (subject to hydrolysis) is 1. The van der Waals surface area contributed by atoms with Gasteiger partial charge in [-0.25, -0.2) is 13.2 Å². The fourth-order valence-corrected chi connectivity index (χ4v) is 8.66. The number of carbonyl (C=O) groups is 2. The molecule has 3 aliphatic rings. The Morgan fingerprint density at radius 1 is 1.06 bits per heavy atom. The second kappa shape index (κ2) is 19.0. The number of nitrogens with zero attached hydrogens (tertiary/aromatic N) is 1. The fourth-order valence-electron chi connectivity index (χ4n) is 7.01. The van der Waals surface area contributed by atoms with E-state index in [4.69, 9.17) is 14.2 Å². The molecular formula is C39H56N4O8S. The largest absolute Gasteiger partial charge is 0.443 e. The Morgan fingerprint density at radius 2 is 1.81 bits per heavy atom. The van der Waals surface area contributed by atoms with Crippen LogP contribution in [-0.4, -0.2) is 87.2 Å². The molecule has 286 valence electrons. The van der Waals surface area contributed by atoms with Crippen molar-refractivity contribution in [2.75, 3.05) is 38.2 Å². The predicted molar refractivity (Wildman–Crippen MR) is 200 cm³/mol. The van der Waals surface area contributed by atoms with Crippen LogP contribution in [0.1, 0.15) is 83.3 Å². The van der Waals surface area contributed by atoms with Gasteiger partial charge in [0.05, 0.1) is 41.7 Å². The average Bonchev–Trinajstić information content (AvgIpc) is 3.82. The number of aliphatic hydroxyl groups is 1. The Morgan fingerprint density at radius 3 is 2.56 bits per heavy atom. The third-order valence-electron chi connectivity index (χ3n) is 9.85. The van der Waals surface area contributed by atoms with E-state index in [-0.39, 0.29) is 55.0 Å². The SMILES string of the molecule is CCCCCCCCCNC=C1C(=O)Nc2ccc(S(=O)(=O)N(CC(C)C)CC(O)C(Cc3ccccc3)NC(=O)OC3COC4OCCC34)cc21. The maximum Gasteiger partial charge on any atom is 0.407 e. The van der Waals surface area contributed by atoms with Crippen LogP contribution in [0.25, 0.3) is 5.57 Å². The number of carbonyl (C=O) groups excluding carboxylic acids is 2. The maximum atomic E-state index is 14.3. The van der Waals surface area contributed by atoms with E-state index in [9.17, 15) is 23.1 Å². The predicted octanol–water partition coefficient (Wildman–Crippen LogP) is 5.43. The van der Waals surface area contributed by atoms with Crippen molar-refractivity contribution in [3.8, 4) is 0 Å². The zero-order valence-electron chi connectivity index (χ0n) is 30.7. The molecular weight excluding hydrogens is 685 g/mol. The van der Waals surface area contributed by atoms with Crippen LogP contribution in [0.3, 0.4) is 0 Å². The molecule has 2 aromatic carbocycles. The molecule has 0 saturated carbocycles. The monoisotopic (exact) mass is 740 g/mol. The van der Waals surface area contributed by atoms with Crippen molar-refractivity contribution in [3.63, 3.8) is 0 Å². The molecule has 52 heavy (non-hydrogen) atoms. The molecule has 3 heterocycles. The van der Waals surface area contributed by atoms with Crippen molar-refractivity contribution in [1.82, 2.24) is 14.9 Å². The summed E-state index contributed by atoms with van der Waals surface area (Å²) in [7, 11) is -4.15. The van der Waals surface area contributed by atoms with Gasteiger partial charge in [0.1, 0.15) is 6.10 Å². The van der Waals surface area contributed by atoms with E-state index in [1.165, 1.54) is 48.5 Å². The number of fused-ring (bicyclic) bond motifs is 2. The molecule has 5 atom stereocenters. The van der Waals surface area contributed by atoms with E-state index in [2.05, 4.69) is 22.9 Å². The molecule has 12 nitrogen and oxygen atoms in total. The number of nitrogens with one attached hydrogen (secondary N) is 3. The first kappa shape index (κ1) is 39.7. The first-order valence-electron chi connectivity index (χ1n) is 18.9. The Balaban J connectivity index is 1.28. The molecule has 2 saturated heterocycles. The summed E-state index contributed by atoms with van der Waals surface area (Å²) in [6, 6.07) is 13.1. The molecule has 0 radical (unpaired) electrons. The smallest absolute Gasteiger partial charge is 0.407 e. The zero-order chi connectivity index (χ0) is 37.1. The van der Waals surface area contributed by atoms with Crippen LogP contribution >= 0.6 is 0 Å². The average molecular weight is 741 g/mol. The number of hydrogen-bond acceptors (Lipinski definition) is 9. The number of aliphatic hydroxyl groups excluding tert-OH is 1. The standard InChI is InChI=1S/C39H56N4O8S/c1-4-5-6-7-8-9-13-19-40-23-32-31-22-29(16-17-33(31)41-37(32)45)52(47,48)43(24-27(2)3)25-35(44)34(21-28-14-11-10-12-15-28)42-39(46)51-36-26-50-38-30(36)18-20-49-38/h10-12,14-17,22-23,27,30,34-36,38,40,44H,4-9,13,18-21,24-26H2,1-3H3,(H,41,45)(H,42,46). The maximum absolute atomic E-state index is 14.3. The highest BCUT2D eigenvalue weighted by Crippen LogP contribution is 2.35. The number of sulfonamides is 1. The molecule has 4 N–H and O–H groups in total. The van der Waals surface area contributed by atoms with E-state index < -0.39 is 34.4 Å². The summed E-state index contributed by atoms with van der Waals surface area (Å²) in [5, 5.41) is 20.6. The Bertz CT molecular complexity index is 1620. The summed E-state index contributed by atoms with van der Waals surface area (Å²) < 4.78 is 46.7. The lowest BCUT2D eigenvalue weighted by Gasteiger charge is -2.31. The summed E-state index contributed by atoms with van der Waals surface area (Å²) in [6.45, 7) is 7.34. The summed E-state index contributed by atoms with van der Waals surface area (Å²) >= 11 is 0. The number of hydrogen-bond donors (Lipinski definition) is 4. The van der Waals surface area contributed by atoms with Crippen LogP contribution in [0.5, 0.6) is 0 Å². The summed E-state index contributed by atoms with van der Waals surface area (Å²) in [5.41, 5.74) is 2.27. The molecule has 3 aliphatic heterocycles. The highest BCUT2D eigenvalue weighted by Gasteiger charge is 2.44. The number of rotatable bonds is 20. The Hall–Kier alpha value is -3.49. The summed E-state index contributed by atoms with van der Waals surface area (Å²) in [5.74, 6) is -0.419. The lowest BCUT2D eigenvalue weighted by atomic mass is 10.0. The lowest BCUT2D eigenvalue weighted by molar-refractivity contribution is -0.110. The molecule has 13 heteroatoms. The number of amides is 2. The second-order valence-electron chi connectivity index (χ2n) is 14.5. The first-order chi connectivity index (χ1) is 25.1.